The lowest BCUT2D eigenvalue weighted by atomic mass is 10.0. The minimum absolute atomic E-state index is 0.445. The maximum Gasteiger partial charge on any atom is 0.256 e. The van der Waals surface area contributed by atoms with E-state index < -0.39 is 0 Å². The van der Waals surface area contributed by atoms with Crippen molar-refractivity contribution in [3.05, 3.63) is 58.6 Å². The predicted octanol–water partition coefficient (Wildman–Crippen LogP) is 3.87. The highest BCUT2D eigenvalue weighted by Gasteiger charge is 2.42. The molecule has 0 saturated carbocycles. The SMILES string of the molecule is Clc1cccc(Cl)c1CN1CCC2CN(c3ccc(Nc4ncnc5ncnn45)o3)CC21. The first-order valence-corrected chi connectivity index (χ1v) is 11.2. The van der Waals surface area contributed by atoms with Crippen LogP contribution in [0.15, 0.2) is 47.4 Å². The van der Waals surface area contributed by atoms with Crippen molar-refractivity contribution in [1.82, 2.24) is 29.5 Å². The fourth-order valence-electron chi connectivity index (χ4n) is 4.73. The third kappa shape index (κ3) is 3.46. The van der Waals surface area contributed by atoms with Gasteiger partial charge in [-0.15, -0.1) is 0 Å². The molecule has 32 heavy (non-hydrogen) atoms. The third-order valence-corrected chi connectivity index (χ3v) is 7.02. The highest BCUT2D eigenvalue weighted by atomic mass is 35.5. The Morgan fingerprint density at radius 1 is 1.03 bits per heavy atom. The van der Waals surface area contributed by atoms with Crippen LogP contribution in [0.1, 0.15) is 12.0 Å². The number of hydrogen-bond acceptors (Lipinski definition) is 8. The van der Waals surface area contributed by atoms with Gasteiger partial charge in [0.05, 0.1) is 0 Å². The van der Waals surface area contributed by atoms with Crippen LogP contribution in [0.5, 0.6) is 0 Å². The van der Waals surface area contributed by atoms with Crippen molar-refractivity contribution < 1.29 is 4.42 Å². The second-order valence-corrected chi connectivity index (χ2v) is 8.94. The molecule has 1 N–H and O–H groups in total. The van der Waals surface area contributed by atoms with E-state index in [9.17, 15) is 0 Å². The molecular formula is C21H20Cl2N8O. The second kappa shape index (κ2) is 7.91. The fraction of sp³-hybridized carbons (Fsp3) is 0.333. The first kappa shape index (κ1) is 19.8. The summed E-state index contributed by atoms with van der Waals surface area (Å²) in [4.78, 5) is 17.2. The molecule has 3 aromatic heterocycles. The van der Waals surface area contributed by atoms with Gasteiger partial charge in [0.25, 0.3) is 5.78 Å². The molecule has 2 aliphatic rings. The molecule has 0 aliphatic carbocycles. The van der Waals surface area contributed by atoms with Crippen LogP contribution in [0.3, 0.4) is 0 Å². The molecular weight excluding hydrogens is 451 g/mol. The maximum atomic E-state index is 6.41. The van der Waals surface area contributed by atoms with Crippen molar-refractivity contribution in [3.63, 3.8) is 0 Å². The number of aromatic nitrogens is 5. The quantitative estimate of drug-likeness (QED) is 0.470. The van der Waals surface area contributed by atoms with Crippen LogP contribution in [0, 0.1) is 5.92 Å². The standard InChI is InChI=1S/C21H20Cl2N8O/c22-15-2-1-3-16(23)14(15)9-29-7-6-13-8-30(10-17(13)29)19-5-4-18(32-19)28-21-25-11-24-20-26-12-27-31(20)21/h1-5,11-13,17H,6-10H2,(H,24,25,26,27,28). The first-order valence-electron chi connectivity index (χ1n) is 10.5. The summed E-state index contributed by atoms with van der Waals surface area (Å²) in [7, 11) is 0. The minimum Gasteiger partial charge on any atom is -0.425 e. The monoisotopic (exact) mass is 470 g/mol. The van der Waals surface area contributed by atoms with E-state index in [-0.39, 0.29) is 0 Å². The molecule has 164 valence electrons. The van der Waals surface area contributed by atoms with Gasteiger partial charge in [0, 0.05) is 53.4 Å². The number of rotatable bonds is 5. The Labute approximate surface area is 194 Å². The van der Waals surface area contributed by atoms with Crippen molar-refractivity contribution in [1.29, 1.82) is 0 Å². The van der Waals surface area contributed by atoms with Crippen LogP contribution >= 0.6 is 23.2 Å². The number of nitrogens with one attached hydrogen (secondary N) is 1. The zero-order chi connectivity index (χ0) is 21.7. The Morgan fingerprint density at radius 3 is 2.75 bits per heavy atom. The van der Waals surface area contributed by atoms with Crippen molar-refractivity contribution in [2.45, 2.75) is 19.0 Å². The van der Waals surface area contributed by atoms with E-state index in [0.29, 0.717) is 29.6 Å². The molecule has 2 fully saturated rings. The summed E-state index contributed by atoms with van der Waals surface area (Å²) >= 11 is 12.8. The fourth-order valence-corrected chi connectivity index (χ4v) is 5.25. The number of likely N-dealkylation sites (tertiary alicyclic amines) is 1. The smallest absolute Gasteiger partial charge is 0.256 e. The second-order valence-electron chi connectivity index (χ2n) is 8.12. The topological polar surface area (TPSA) is 87.6 Å². The van der Waals surface area contributed by atoms with Gasteiger partial charge in [0.2, 0.25) is 11.8 Å². The molecule has 2 atom stereocenters. The summed E-state index contributed by atoms with van der Waals surface area (Å²) in [6, 6.07) is 10.0. The molecule has 9 nitrogen and oxygen atoms in total. The van der Waals surface area contributed by atoms with Crippen molar-refractivity contribution in [2.75, 3.05) is 29.9 Å². The largest absolute Gasteiger partial charge is 0.425 e. The predicted molar refractivity (Wildman–Crippen MR) is 122 cm³/mol. The van der Waals surface area contributed by atoms with Gasteiger partial charge in [-0.1, -0.05) is 29.3 Å². The minimum atomic E-state index is 0.445. The van der Waals surface area contributed by atoms with Gasteiger partial charge in [0.1, 0.15) is 12.7 Å². The lowest BCUT2D eigenvalue weighted by Gasteiger charge is -2.25. The van der Waals surface area contributed by atoms with Crippen LogP contribution in [-0.2, 0) is 6.54 Å². The number of benzene rings is 1. The summed E-state index contributed by atoms with van der Waals surface area (Å²) in [5.41, 5.74) is 1.00. The third-order valence-electron chi connectivity index (χ3n) is 6.31. The molecule has 0 amide bonds. The van der Waals surface area contributed by atoms with Gasteiger partial charge in [0.15, 0.2) is 5.88 Å². The van der Waals surface area contributed by atoms with E-state index in [4.69, 9.17) is 27.6 Å². The maximum absolute atomic E-state index is 6.41. The number of nitrogens with zero attached hydrogens (tertiary/aromatic N) is 7. The van der Waals surface area contributed by atoms with Gasteiger partial charge < -0.3 is 9.32 Å². The van der Waals surface area contributed by atoms with Crippen molar-refractivity contribution in [2.24, 2.45) is 5.92 Å². The Kier molecular flexibility index (Phi) is 4.89. The Morgan fingerprint density at radius 2 is 1.88 bits per heavy atom. The van der Waals surface area contributed by atoms with Crippen LogP contribution in [-0.4, -0.2) is 55.1 Å². The van der Waals surface area contributed by atoms with Gasteiger partial charge >= 0.3 is 0 Å². The zero-order valence-electron chi connectivity index (χ0n) is 17.0. The van der Waals surface area contributed by atoms with E-state index in [1.54, 1.807) is 0 Å². The zero-order valence-corrected chi connectivity index (χ0v) is 18.5. The number of anilines is 3. The van der Waals surface area contributed by atoms with E-state index in [2.05, 4.69) is 35.2 Å². The Balaban J connectivity index is 1.16. The lowest BCUT2D eigenvalue weighted by molar-refractivity contribution is 0.245. The normalized spacial score (nSPS) is 20.9. The van der Waals surface area contributed by atoms with Crippen LogP contribution in [0.25, 0.3) is 5.78 Å². The van der Waals surface area contributed by atoms with Crippen LogP contribution in [0.4, 0.5) is 17.7 Å². The average Bonchev–Trinajstić information content (AvgIpc) is 3.55. The highest BCUT2D eigenvalue weighted by molar-refractivity contribution is 6.35. The molecule has 4 aromatic rings. The molecule has 5 heterocycles. The first-order chi connectivity index (χ1) is 15.7. The van der Waals surface area contributed by atoms with Crippen LogP contribution < -0.4 is 10.2 Å². The Hall–Kier alpha value is -2.88. The van der Waals surface area contributed by atoms with E-state index in [1.165, 1.54) is 17.2 Å². The number of furan rings is 1. The molecule has 0 radical (unpaired) electrons. The molecule has 0 bridgehead atoms. The lowest BCUT2D eigenvalue weighted by Crippen LogP contribution is -2.34. The molecule has 2 aliphatic heterocycles. The molecule has 0 spiro atoms. The average molecular weight is 471 g/mol. The van der Waals surface area contributed by atoms with Crippen molar-refractivity contribution >= 4 is 46.7 Å². The van der Waals surface area contributed by atoms with Gasteiger partial charge in [-0.2, -0.15) is 19.6 Å². The summed E-state index contributed by atoms with van der Waals surface area (Å²) in [5.74, 6) is 2.98. The van der Waals surface area contributed by atoms with E-state index >= 15 is 0 Å². The highest BCUT2D eigenvalue weighted by Crippen LogP contribution is 2.37. The summed E-state index contributed by atoms with van der Waals surface area (Å²) in [6.07, 6.45) is 4.03. The van der Waals surface area contributed by atoms with Crippen LogP contribution in [0.2, 0.25) is 10.0 Å². The Bertz CT molecular complexity index is 1250. The van der Waals surface area contributed by atoms with Gasteiger partial charge in [-0.25, -0.2) is 4.98 Å². The molecule has 2 unspecified atom stereocenters. The molecule has 11 heteroatoms. The number of hydrogen-bond donors (Lipinski definition) is 1. The van der Waals surface area contributed by atoms with E-state index in [1.807, 2.05) is 30.3 Å². The summed E-state index contributed by atoms with van der Waals surface area (Å²) in [6.45, 7) is 3.68. The molecule has 1 aromatic carbocycles. The number of halogens is 2. The number of fused-ring (bicyclic) bond motifs is 2. The van der Waals surface area contributed by atoms with E-state index in [0.717, 1.165) is 54.1 Å². The molecule has 6 rings (SSSR count). The van der Waals surface area contributed by atoms with Gasteiger partial charge in [-0.05, 0) is 31.0 Å². The van der Waals surface area contributed by atoms with Crippen molar-refractivity contribution in [3.8, 4) is 0 Å². The molecule has 2 saturated heterocycles. The summed E-state index contributed by atoms with van der Waals surface area (Å²) in [5, 5.41) is 8.74. The van der Waals surface area contributed by atoms with Gasteiger partial charge in [-0.3, -0.25) is 10.2 Å². The summed E-state index contributed by atoms with van der Waals surface area (Å²) < 4.78 is 7.61.